The highest BCUT2D eigenvalue weighted by atomic mass is 35.5. The summed E-state index contributed by atoms with van der Waals surface area (Å²) < 4.78 is 1.91. The maximum Gasteiger partial charge on any atom is 0.240 e. The molecular weight excluding hydrogens is 418 g/mol. The number of nitrogens with one attached hydrogen (secondary N) is 2. The Morgan fingerprint density at radius 2 is 1.93 bits per heavy atom. The third kappa shape index (κ3) is 4.18. The van der Waals surface area contributed by atoms with Crippen LogP contribution in [0.4, 0.5) is 5.69 Å². The molecule has 1 aliphatic rings. The number of fused-ring (bicyclic) bond motifs is 1. The molecular formula is C22H24ClN5OS. The molecule has 3 aromatic rings. The van der Waals surface area contributed by atoms with Crippen LogP contribution in [0.3, 0.4) is 0 Å². The van der Waals surface area contributed by atoms with E-state index in [1.807, 2.05) is 54.1 Å². The van der Waals surface area contributed by atoms with Gasteiger partial charge in [-0.25, -0.2) is 4.68 Å². The molecule has 0 aliphatic carbocycles. The molecule has 0 bridgehead atoms. The van der Waals surface area contributed by atoms with Crippen LogP contribution in [0.5, 0.6) is 0 Å². The standard InChI is InChI=1S/C22H24ClN5OS/c1-4-5-18-25-26-22-28(18)27-19(15-7-9-16(23)10-8-15)20(30-22)21(29)24-17-11-6-13(2)14(3)12-17/h6-12,19-20,27H,4-5H2,1-3H3,(H,24,29)/t19-,20+/m0/s1. The largest absolute Gasteiger partial charge is 0.325 e. The van der Waals surface area contributed by atoms with Gasteiger partial charge in [-0.3, -0.25) is 4.79 Å². The van der Waals surface area contributed by atoms with Crippen LogP contribution in [0.25, 0.3) is 0 Å². The highest BCUT2D eigenvalue weighted by molar-refractivity contribution is 8.00. The Hall–Kier alpha value is -2.51. The number of amides is 1. The minimum Gasteiger partial charge on any atom is -0.325 e. The number of thioether (sulfide) groups is 1. The van der Waals surface area contributed by atoms with E-state index in [-0.39, 0.29) is 11.9 Å². The van der Waals surface area contributed by atoms with Gasteiger partial charge >= 0.3 is 0 Å². The van der Waals surface area contributed by atoms with Crippen molar-refractivity contribution in [3.05, 3.63) is 70.0 Å². The minimum atomic E-state index is -0.418. The molecule has 2 aromatic carbocycles. The second-order valence-corrected chi connectivity index (χ2v) is 9.01. The first-order chi connectivity index (χ1) is 14.5. The number of aromatic nitrogens is 3. The fourth-order valence-electron chi connectivity index (χ4n) is 3.44. The monoisotopic (exact) mass is 441 g/mol. The van der Waals surface area contributed by atoms with Crippen molar-refractivity contribution in [3.63, 3.8) is 0 Å². The van der Waals surface area contributed by atoms with Crippen LogP contribution in [-0.2, 0) is 11.2 Å². The lowest BCUT2D eigenvalue weighted by molar-refractivity contribution is -0.116. The Balaban J connectivity index is 1.66. The van der Waals surface area contributed by atoms with Crippen molar-refractivity contribution < 1.29 is 4.79 Å². The first-order valence-electron chi connectivity index (χ1n) is 9.97. The van der Waals surface area contributed by atoms with Crippen molar-refractivity contribution in [2.24, 2.45) is 0 Å². The molecule has 30 heavy (non-hydrogen) atoms. The molecule has 0 saturated heterocycles. The maximum atomic E-state index is 13.3. The van der Waals surface area contributed by atoms with Gasteiger partial charge in [0.1, 0.15) is 5.25 Å². The average Bonchev–Trinajstić information content (AvgIpc) is 3.12. The minimum absolute atomic E-state index is 0.0815. The number of anilines is 1. The van der Waals surface area contributed by atoms with Crippen molar-refractivity contribution in [2.75, 3.05) is 10.7 Å². The molecule has 1 amide bonds. The van der Waals surface area contributed by atoms with E-state index in [0.29, 0.717) is 10.2 Å². The molecule has 8 heteroatoms. The molecule has 156 valence electrons. The van der Waals surface area contributed by atoms with Crippen LogP contribution >= 0.6 is 23.4 Å². The van der Waals surface area contributed by atoms with Gasteiger partial charge < -0.3 is 10.7 Å². The fourth-order valence-corrected chi connectivity index (χ4v) is 4.66. The Morgan fingerprint density at radius 1 is 1.17 bits per heavy atom. The van der Waals surface area contributed by atoms with Gasteiger partial charge in [-0.15, -0.1) is 10.2 Å². The third-order valence-electron chi connectivity index (χ3n) is 5.24. The second kappa shape index (κ2) is 8.70. The molecule has 0 unspecified atom stereocenters. The zero-order chi connectivity index (χ0) is 21.3. The van der Waals surface area contributed by atoms with E-state index in [1.165, 1.54) is 17.3 Å². The van der Waals surface area contributed by atoms with Gasteiger partial charge in [0.25, 0.3) is 0 Å². The number of rotatable bonds is 5. The van der Waals surface area contributed by atoms with Crippen LogP contribution in [-0.4, -0.2) is 26.0 Å². The van der Waals surface area contributed by atoms with E-state index in [9.17, 15) is 4.79 Å². The third-order valence-corrected chi connectivity index (χ3v) is 6.71. The first-order valence-corrected chi connectivity index (χ1v) is 11.2. The summed E-state index contributed by atoms with van der Waals surface area (Å²) in [5.41, 5.74) is 7.57. The van der Waals surface area contributed by atoms with Gasteiger partial charge in [-0.05, 0) is 61.2 Å². The molecule has 1 aromatic heterocycles. The zero-order valence-electron chi connectivity index (χ0n) is 17.1. The average molecular weight is 442 g/mol. The number of aryl methyl sites for hydroxylation is 3. The van der Waals surface area contributed by atoms with E-state index >= 15 is 0 Å². The van der Waals surface area contributed by atoms with Gasteiger partial charge in [-0.1, -0.05) is 48.5 Å². The second-order valence-electron chi connectivity index (χ2n) is 7.47. The van der Waals surface area contributed by atoms with Crippen molar-refractivity contribution in [1.29, 1.82) is 0 Å². The Labute approximate surface area is 185 Å². The predicted octanol–water partition coefficient (Wildman–Crippen LogP) is 4.90. The van der Waals surface area contributed by atoms with Crippen LogP contribution in [0.1, 0.15) is 41.9 Å². The van der Waals surface area contributed by atoms with E-state index in [0.717, 1.165) is 35.5 Å². The number of carbonyl (C=O) groups is 1. The molecule has 0 saturated carbocycles. The van der Waals surface area contributed by atoms with Crippen molar-refractivity contribution in [2.45, 2.75) is 50.1 Å². The van der Waals surface area contributed by atoms with Gasteiger partial charge in [0.15, 0.2) is 5.82 Å². The van der Waals surface area contributed by atoms with Crippen molar-refractivity contribution in [1.82, 2.24) is 14.9 Å². The van der Waals surface area contributed by atoms with Gasteiger partial charge in [0, 0.05) is 17.1 Å². The summed E-state index contributed by atoms with van der Waals surface area (Å²) in [5.74, 6) is 0.786. The summed E-state index contributed by atoms with van der Waals surface area (Å²) in [6, 6.07) is 13.3. The molecule has 2 heterocycles. The lowest BCUT2D eigenvalue weighted by atomic mass is 10.0. The SMILES string of the molecule is CCCc1nnc2n1N[C@@H](c1ccc(Cl)cc1)[C@H](C(=O)Nc1ccc(C)c(C)c1)S2. The van der Waals surface area contributed by atoms with Gasteiger partial charge in [-0.2, -0.15) is 0 Å². The van der Waals surface area contributed by atoms with Crippen molar-refractivity contribution >= 4 is 35.0 Å². The van der Waals surface area contributed by atoms with Crippen LogP contribution in [0.15, 0.2) is 47.6 Å². The summed E-state index contributed by atoms with van der Waals surface area (Å²) in [6.07, 6.45) is 1.78. The molecule has 0 fully saturated rings. The summed E-state index contributed by atoms with van der Waals surface area (Å²) in [6.45, 7) is 6.20. The molecule has 6 nitrogen and oxygen atoms in total. The topological polar surface area (TPSA) is 71.8 Å². The zero-order valence-corrected chi connectivity index (χ0v) is 18.7. The molecule has 0 spiro atoms. The quantitative estimate of drug-likeness (QED) is 0.589. The molecule has 1 aliphatic heterocycles. The number of benzene rings is 2. The molecule has 2 N–H and O–H groups in total. The van der Waals surface area contributed by atoms with Gasteiger partial charge in [0.05, 0.1) is 6.04 Å². The smallest absolute Gasteiger partial charge is 0.240 e. The molecule has 0 radical (unpaired) electrons. The Bertz CT molecular complexity index is 1070. The van der Waals surface area contributed by atoms with E-state index in [4.69, 9.17) is 11.6 Å². The van der Waals surface area contributed by atoms with Gasteiger partial charge in [0.2, 0.25) is 11.1 Å². The van der Waals surface area contributed by atoms with Crippen LogP contribution in [0, 0.1) is 13.8 Å². The number of hydrogen-bond acceptors (Lipinski definition) is 5. The van der Waals surface area contributed by atoms with E-state index < -0.39 is 5.25 Å². The molecule has 4 rings (SSSR count). The number of hydrogen-bond donors (Lipinski definition) is 2. The summed E-state index contributed by atoms with van der Waals surface area (Å²) in [4.78, 5) is 13.3. The van der Waals surface area contributed by atoms with E-state index in [2.05, 4.69) is 34.8 Å². The number of nitrogens with zero attached hydrogens (tertiary/aromatic N) is 3. The lowest BCUT2D eigenvalue weighted by Crippen LogP contribution is -2.41. The first kappa shape index (κ1) is 20.8. The van der Waals surface area contributed by atoms with E-state index in [1.54, 1.807) is 0 Å². The van der Waals surface area contributed by atoms with Crippen molar-refractivity contribution in [3.8, 4) is 0 Å². The molecule has 2 atom stereocenters. The van der Waals surface area contributed by atoms with Crippen LogP contribution in [0.2, 0.25) is 5.02 Å². The number of carbonyl (C=O) groups excluding carboxylic acids is 1. The Morgan fingerprint density at radius 3 is 2.63 bits per heavy atom. The lowest BCUT2D eigenvalue weighted by Gasteiger charge is -2.33. The summed E-state index contributed by atoms with van der Waals surface area (Å²) >= 11 is 7.51. The summed E-state index contributed by atoms with van der Waals surface area (Å²) in [5, 5.41) is 12.6. The predicted molar refractivity (Wildman–Crippen MR) is 122 cm³/mol. The highest BCUT2D eigenvalue weighted by Gasteiger charge is 2.37. The highest BCUT2D eigenvalue weighted by Crippen LogP contribution is 2.38. The fraction of sp³-hybridized carbons (Fsp3) is 0.318. The van der Waals surface area contributed by atoms with Crippen LogP contribution < -0.4 is 10.7 Å². The maximum absolute atomic E-state index is 13.3. The number of halogens is 1. The Kier molecular flexibility index (Phi) is 6.01. The summed E-state index contributed by atoms with van der Waals surface area (Å²) in [7, 11) is 0. The normalized spacial score (nSPS) is 17.9.